The Bertz CT molecular complexity index is 1360. The summed E-state index contributed by atoms with van der Waals surface area (Å²) in [6.45, 7) is 0. The number of ketones is 1. The summed E-state index contributed by atoms with van der Waals surface area (Å²) in [5.41, 5.74) is 3.91. The van der Waals surface area contributed by atoms with E-state index in [1.54, 1.807) is 41.1 Å². The number of phenols is 1. The molecule has 150 valence electrons. The Kier molecular flexibility index (Phi) is 4.69. The molecule has 3 aromatic carbocycles. The number of allylic oxidation sites excluding steroid dienone is 1. The summed E-state index contributed by atoms with van der Waals surface area (Å²) in [7, 11) is 0. The zero-order valence-corrected chi connectivity index (χ0v) is 16.5. The molecule has 0 atom stereocenters. The standard InChI is InChI=1S/C26H18N2O3/c29-22-13-10-18(11-14-22)26-20(17-28(27-26)21-7-2-1-3-8-21)12-15-23(30)25-16-19-6-4-5-9-24(19)31-25/h1-17,29H/b15-12+. The van der Waals surface area contributed by atoms with Gasteiger partial charge in [0.2, 0.25) is 5.78 Å². The van der Waals surface area contributed by atoms with Gasteiger partial charge in [0, 0.05) is 22.7 Å². The smallest absolute Gasteiger partial charge is 0.221 e. The number of furan rings is 1. The van der Waals surface area contributed by atoms with Crippen LogP contribution in [0.1, 0.15) is 16.1 Å². The summed E-state index contributed by atoms with van der Waals surface area (Å²) < 4.78 is 7.44. The summed E-state index contributed by atoms with van der Waals surface area (Å²) in [6, 6.07) is 25.8. The molecule has 31 heavy (non-hydrogen) atoms. The van der Waals surface area contributed by atoms with E-state index in [1.807, 2.05) is 60.8 Å². The predicted molar refractivity (Wildman–Crippen MR) is 120 cm³/mol. The number of nitrogens with zero attached hydrogens (tertiary/aromatic N) is 2. The SMILES string of the molecule is O=C(/C=C/c1cn(-c2ccccc2)nc1-c1ccc(O)cc1)c1cc2ccccc2o1. The number of para-hydroxylation sites is 2. The first kappa shape index (κ1) is 18.6. The topological polar surface area (TPSA) is 68.3 Å². The van der Waals surface area contributed by atoms with Crippen molar-refractivity contribution in [1.82, 2.24) is 9.78 Å². The van der Waals surface area contributed by atoms with Crippen molar-refractivity contribution >= 4 is 22.8 Å². The number of fused-ring (bicyclic) bond motifs is 1. The van der Waals surface area contributed by atoms with E-state index in [0.717, 1.165) is 22.2 Å². The van der Waals surface area contributed by atoms with Gasteiger partial charge in [-0.25, -0.2) is 4.68 Å². The van der Waals surface area contributed by atoms with Crippen LogP contribution >= 0.6 is 0 Å². The van der Waals surface area contributed by atoms with Crippen LogP contribution in [0, 0.1) is 0 Å². The normalized spacial score (nSPS) is 11.4. The number of carbonyl (C=O) groups is 1. The Morgan fingerprint density at radius 1 is 0.935 bits per heavy atom. The molecule has 5 heteroatoms. The minimum Gasteiger partial charge on any atom is -0.508 e. The van der Waals surface area contributed by atoms with Crippen molar-refractivity contribution in [3.05, 3.63) is 109 Å². The van der Waals surface area contributed by atoms with Crippen LogP contribution < -0.4 is 0 Å². The highest BCUT2D eigenvalue weighted by Crippen LogP contribution is 2.27. The van der Waals surface area contributed by atoms with Crippen molar-refractivity contribution in [2.45, 2.75) is 0 Å². The summed E-state index contributed by atoms with van der Waals surface area (Å²) >= 11 is 0. The third-order valence-corrected chi connectivity index (χ3v) is 4.99. The van der Waals surface area contributed by atoms with Gasteiger partial charge in [0.15, 0.2) is 5.76 Å². The van der Waals surface area contributed by atoms with Crippen LogP contribution in [-0.4, -0.2) is 20.7 Å². The van der Waals surface area contributed by atoms with E-state index >= 15 is 0 Å². The molecule has 2 aromatic heterocycles. The van der Waals surface area contributed by atoms with Gasteiger partial charge in [-0.2, -0.15) is 5.10 Å². The van der Waals surface area contributed by atoms with E-state index in [-0.39, 0.29) is 11.5 Å². The molecular formula is C26H18N2O3. The summed E-state index contributed by atoms with van der Waals surface area (Å²) in [4.78, 5) is 12.7. The first-order valence-corrected chi connectivity index (χ1v) is 9.83. The lowest BCUT2D eigenvalue weighted by molar-refractivity contribution is 0.102. The molecule has 0 saturated carbocycles. The molecule has 0 amide bonds. The molecule has 1 N–H and O–H groups in total. The average molecular weight is 406 g/mol. The number of hydrogen-bond donors (Lipinski definition) is 1. The molecule has 0 spiro atoms. The predicted octanol–water partition coefficient (Wildman–Crippen LogP) is 5.89. The quantitative estimate of drug-likeness (QED) is 0.292. The maximum absolute atomic E-state index is 12.7. The van der Waals surface area contributed by atoms with E-state index < -0.39 is 0 Å². The number of rotatable bonds is 5. The first-order chi connectivity index (χ1) is 15.2. The van der Waals surface area contributed by atoms with Crippen LogP contribution in [0.25, 0.3) is 34.0 Å². The summed E-state index contributed by atoms with van der Waals surface area (Å²) in [5.74, 6) is 0.253. The molecule has 5 aromatic rings. The highest BCUT2D eigenvalue weighted by molar-refractivity contribution is 6.07. The minimum absolute atomic E-state index is 0.184. The zero-order chi connectivity index (χ0) is 21.2. The number of aromatic nitrogens is 2. The van der Waals surface area contributed by atoms with Crippen molar-refractivity contribution < 1.29 is 14.3 Å². The molecule has 0 aliphatic rings. The second-order valence-electron chi connectivity index (χ2n) is 7.11. The van der Waals surface area contributed by atoms with Gasteiger partial charge in [0.05, 0.1) is 11.4 Å². The highest BCUT2D eigenvalue weighted by Gasteiger charge is 2.13. The first-order valence-electron chi connectivity index (χ1n) is 9.83. The number of carbonyl (C=O) groups excluding carboxylic acids is 1. The Morgan fingerprint density at radius 2 is 1.68 bits per heavy atom. The van der Waals surface area contributed by atoms with Crippen LogP contribution in [0.15, 0.2) is 102 Å². The summed E-state index contributed by atoms with van der Waals surface area (Å²) in [6.07, 6.45) is 5.11. The molecule has 0 aliphatic heterocycles. The van der Waals surface area contributed by atoms with E-state index in [9.17, 15) is 9.90 Å². The highest BCUT2D eigenvalue weighted by atomic mass is 16.3. The second kappa shape index (κ2) is 7.80. The maximum Gasteiger partial charge on any atom is 0.221 e. The fraction of sp³-hybridized carbons (Fsp3) is 0. The van der Waals surface area contributed by atoms with Crippen LogP contribution in [0.5, 0.6) is 5.75 Å². The third-order valence-electron chi connectivity index (χ3n) is 4.99. The van der Waals surface area contributed by atoms with Crippen LogP contribution in [0.3, 0.4) is 0 Å². The number of benzene rings is 3. The lowest BCUT2D eigenvalue weighted by atomic mass is 10.1. The number of phenolic OH excluding ortho intramolecular Hbond substituents is 1. The molecule has 0 saturated heterocycles. The monoisotopic (exact) mass is 406 g/mol. The lowest BCUT2D eigenvalue weighted by Crippen LogP contribution is -1.93. The Hall–Kier alpha value is -4.38. The van der Waals surface area contributed by atoms with Gasteiger partial charge in [0.25, 0.3) is 0 Å². The fourth-order valence-electron chi connectivity index (χ4n) is 3.42. The number of aromatic hydroxyl groups is 1. The van der Waals surface area contributed by atoms with Gasteiger partial charge in [0.1, 0.15) is 11.3 Å². The van der Waals surface area contributed by atoms with E-state index in [0.29, 0.717) is 17.0 Å². The molecule has 0 radical (unpaired) electrons. The Balaban J connectivity index is 1.52. The van der Waals surface area contributed by atoms with E-state index in [1.165, 1.54) is 6.08 Å². The molecular weight excluding hydrogens is 388 g/mol. The summed E-state index contributed by atoms with van der Waals surface area (Å²) in [5, 5.41) is 15.2. The van der Waals surface area contributed by atoms with Gasteiger partial charge < -0.3 is 9.52 Å². The van der Waals surface area contributed by atoms with Crippen LogP contribution in [-0.2, 0) is 0 Å². The third kappa shape index (κ3) is 3.76. The van der Waals surface area contributed by atoms with Gasteiger partial charge in [-0.1, -0.05) is 36.4 Å². The molecule has 0 aliphatic carbocycles. The molecule has 5 rings (SSSR count). The van der Waals surface area contributed by atoms with Crippen LogP contribution in [0.2, 0.25) is 0 Å². The van der Waals surface area contributed by atoms with Crippen molar-refractivity contribution in [2.24, 2.45) is 0 Å². The van der Waals surface area contributed by atoms with Gasteiger partial charge in [-0.05, 0) is 60.7 Å². The van der Waals surface area contributed by atoms with Crippen molar-refractivity contribution in [1.29, 1.82) is 0 Å². The molecule has 2 heterocycles. The van der Waals surface area contributed by atoms with Gasteiger partial charge in [-0.3, -0.25) is 4.79 Å². The average Bonchev–Trinajstić information content (AvgIpc) is 3.43. The molecule has 5 nitrogen and oxygen atoms in total. The van der Waals surface area contributed by atoms with Gasteiger partial charge >= 0.3 is 0 Å². The molecule has 0 fully saturated rings. The maximum atomic E-state index is 12.7. The minimum atomic E-state index is -0.222. The van der Waals surface area contributed by atoms with E-state index in [2.05, 4.69) is 0 Å². The zero-order valence-electron chi connectivity index (χ0n) is 16.5. The Labute approximate surface area is 178 Å². The largest absolute Gasteiger partial charge is 0.508 e. The fourth-order valence-corrected chi connectivity index (χ4v) is 3.42. The van der Waals surface area contributed by atoms with Crippen molar-refractivity contribution in [2.75, 3.05) is 0 Å². The van der Waals surface area contributed by atoms with E-state index in [4.69, 9.17) is 9.52 Å². The Morgan fingerprint density at radius 3 is 2.45 bits per heavy atom. The van der Waals surface area contributed by atoms with Gasteiger partial charge in [-0.15, -0.1) is 0 Å². The molecule has 0 unspecified atom stereocenters. The van der Waals surface area contributed by atoms with Crippen LogP contribution in [0.4, 0.5) is 0 Å². The molecule has 0 bridgehead atoms. The lowest BCUT2D eigenvalue weighted by Gasteiger charge is -2.00. The van der Waals surface area contributed by atoms with Crippen molar-refractivity contribution in [3.8, 4) is 22.7 Å². The van der Waals surface area contributed by atoms with Crippen molar-refractivity contribution in [3.63, 3.8) is 0 Å². The second-order valence-corrected chi connectivity index (χ2v) is 7.11. The number of hydrogen-bond acceptors (Lipinski definition) is 4.